The summed E-state index contributed by atoms with van der Waals surface area (Å²) in [5, 5.41) is 7.08. The Labute approximate surface area is 163 Å². The van der Waals surface area contributed by atoms with Crippen molar-refractivity contribution in [3.8, 4) is 0 Å². The predicted molar refractivity (Wildman–Crippen MR) is 105 cm³/mol. The van der Waals surface area contributed by atoms with Crippen LogP contribution in [0.2, 0.25) is 0 Å². The van der Waals surface area contributed by atoms with Crippen molar-refractivity contribution in [2.75, 3.05) is 18.4 Å². The van der Waals surface area contributed by atoms with Crippen LogP contribution in [0.3, 0.4) is 0 Å². The van der Waals surface area contributed by atoms with Crippen LogP contribution < -0.4 is 5.32 Å². The predicted octanol–water partition coefficient (Wildman–Crippen LogP) is 3.58. The quantitative estimate of drug-likeness (QED) is 0.876. The zero-order valence-electron chi connectivity index (χ0n) is 15.4. The standard InChI is InChI=1S/C20H24N4O2S/c1-15(25)24(13-16-4-11-27-14-16)18-12-20(18)5-9-23(10-6-20)19(26)22-17-2-7-21-8-3-17/h2-4,7-8,11,14,18H,5-6,9-10,12-13H2,1H3,(H,21,22,26). The molecule has 1 spiro atoms. The van der Waals surface area contributed by atoms with Crippen LogP contribution in [-0.2, 0) is 11.3 Å². The second-order valence-corrected chi connectivity index (χ2v) is 8.29. The Balaban J connectivity index is 1.33. The fourth-order valence-corrected chi connectivity index (χ4v) is 4.78. The maximum atomic E-state index is 12.5. The number of pyridine rings is 1. The summed E-state index contributed by atoms with van der Waals surface area (Å²) in [6, 6.07) is 5.90. The molecule has 0 aromatic carbocycles. The van der Waals surface area contributed by atoms with Crippen molar-refractivity contribution in [1.29, 1.82) is 0 Å². The van der Waals surface area contributed by atoms with Crippen molar-refractivity contribution >= 4 is 29.0 Å². The maximum Gasteiger partial charge on any atom is 0.321 e. The van der Waals surface area contributed by atoms with Gasteiger partial charge in [0, 0.05) is 50.7 Å². The van der Waals surface area contributed by atoms with Crippen LogP contribution in [0.1, 0.15) is 31.7 Å². The molecule has 2 aromatic rings. The van der Waals surface area contributed by atoms with E-state index in [-0.39, 0.29) is 17.4 Å². The molecule has 1 aliphatic carbocycles. The summed E-state index contributed by atoms with van der Waals surface area (Å²) in [6.45, 7) is 3.82. The Morgan fingerprint density at radius 3 is 2.67 bits per heavy atom. The van der Waals surface area contributed by atoms with Gasteiger partial charge in [0.15, 0.2) is 0 Å². The average Bonchev–Trinajstić information content (AvgIpc) is 3.10. The summed E-state index contributed by atoms with van der Waals surface area (Å²) in [5.74, 6) is 0.140. The summed E-state index contributed by atoms with van der Waals surface area (Å²) < 4.78 is 0. The second kappa shape index (κ2) is 7.31. The van der Waals surface area contributed by atoms with Crippen molar-refractivity contribution in [3.05, 3.63) is 46.9 Å². The lowest BCUT2D eigenvalue weighted by Gasteiger charge is -2.34. The monoisotopic (exact) mass is 384 g/mol. The largest absolute Gasteiger partial charge is 0.335 e. The molecule has 1 saturated heterocycles. The van der Waals surface area contributed by atoms with Crippen LogP contribution in [0.25, 0.3) is 0 Å². The molecule has 1 saturated carbocycles. The number of hydrogen-bond acceptors (Lipinski definition) is 4. The lowest BCUT2D eigenvalue weighted by atomic mass is 9.92. The highest BCUT2D eigenvalue weighted by Gasteiger charge is 2.58. The first-order chi connectivity index (χ1) is 13.1. The van der Waals surface area contributed by atoms with E-state index in [0.717, 1.165) is 38.0 Å². The number of carbonyl (C=O) groups excluding carboxylic acids is 2. The molecule has 0 radical (unpaired) electrons. The Morgan fingerprint density at radius 1 is 1.30 bits per heavy atom. The molecular weight excluding hydrogens is 360 g/mol. The Hall–Kier alpha value is -2.41. The van der Waals surface area contributed by atoms with Gasteiger partial charge < -0.3 is 15.1 Å². The molecule has 3 heterocycles. The lowest BCUT2D eigenvalue weighted by molar-refractivity contribution is -0.130. The number of hydrogen-bond donors (Lipinski definition) is 1. The van der Waals surface area contributed by atoms with Crippen LogP contribution in [-0.4, -0.2) is 45.9 Å². The minimum atomic E-state index is -0.0602. The van der Waals surface area contributed by atoms with Gasteiger partial charge in [-0.3, -0.25) is 9.78 Å². The minimum Gasteiger partial charge on any atom is -0.335 e. The van der Waals surface area contributed by atoms with E-state index >= 15 is 0 Å². The fourth-order valence-electron chi connectivity index (χ4n) is 4.12. The molecule has 142 valence electrons. The van der Waals surface area contributed by atoms with Crippen molar-refractivity contribution in [3.63, 3.8) is 0 Å². The number of amides is 3. The van der Waals surface area contributed by atoms with Gasteiger partial charge in [-0.1, -0.05) is 0 Å². The van der Waals surface area contributed by atoms with E-state index in [1.165, 1.54) is 5.56 Å². The Bertz CT molecular complexity index is 801. The summed E-state index contributed by atoms with van der Waals surface area (Å²) in [7, 11) is 0. The van der Waals surface area contributed by atoms with Crippen molar-refractivity contribution in [2.24, 2.45) is 5.41 Å². The zero-order valence-corrected chi connectivity index (χ0v) is 16.2. The Morgan fingerprint density at radius 2 is 2.04 bits per heavy atom. The van der Waals surface area contributed by atoms with Gasteiger partial charge in [-0.2, -0.15) is 11.3 Å². The van der Waals surface area contributed by atoms with Gasteiger partial charge in [-0.05, 0) is 59.2 Å². The van der Waals surface area contributed by atoms with E-state index in [2.05, 4.69) is 27.1 Å². The molecule has 1 atom stereocenters. The van der Waals surface area contributed by atoms with E-state index in [0.29, 0.717) is 12.6 Å². The summed E-state index contributed by atoms with van der Waals surface area (Å²) in [5.41, 5.74) is 2.15. The molecule has 2 aromatic heterocycles. The second-order valence-electron chi connectivity index (χ2n) is 7.51. The van der Waals surface area contributed by atoms with E-state index < -0.39 is 0 Å². The van der Waals surface area contributed by atoms with Gasteiger partial charge in [0.1, 0.15) is 0 Å². The highest BCUT2D eigenvalue weighted by molar-refractivity contribution is 7.07. The number of aromatic nitrogens is 1. The van der Waals surface area contributed by atoms with Crippen LogP contribution >= 0.6 is 11.3 Å². The zero-order chi connectivity index (χ0) is 18.9. The number of likely N-dealkylation sites (tertiary alicyclic amines) is 1. The molecule has 2 aliphatic rings. The van der Waals surface area contributed by atoms with Gasteiger partial charge >= 0.3 is 6.03 Å². The van der Waals surface area contributed by atoms with Crippen LogP contribution in [0.5, 0.6) is 0 Å². The molecular formula is C20H24N4O2S. The van der Waals surface area contributed by atoms with Crippen molar-refractivity contribution in [2.45, 2.75) is 38.8 Å². The highest BCUT2D eigenvalue weighted by atomic mass is 32.1. The number of piperidine rings is 1. The SMILES string of the molecule is CC(=O)N(Cc1ccsc1)C1CC12CCN(C(=O)Nc1ccncc1)CC2. The van der Waals surface area contributed by atoms with Crippen molar-refractivity contribution in [1.82, 2.24) is 14.8 Å². The first kappa shape index (κ1) is 18.0. The third-order valence-corrected chi connectivity index (χ3v) is 6.57. The van der Waals surface area contributed by atoms with E-state index in [1.807, 2.05) is 9.80 Å². The minimum absolute atomic E-state index is 0.0602. The van der Waals surface area contributed by atoms with Gasteiger partial charge in [0.25, 0.3) is 0 Å². The molecule has 1 aliphatic heterocycles. The van der Waals surface area contributed by atoms with Gasteiger partial charge in [-0.15, -0.1) is 0 Å². The van der Waals surface area contributed by atoms with E-state index in [1.54, 1.807) is 42.8 Å². The van der Waals surface area contributed by atoms with Gasteiger partial charge in [0.05, 0.1) is 0 Å². The third kappa shape index (κ3) is 3.83. The molecule has 7 heteroatoms. The smallest absolute Gasteiger partial charge is 0.321 e. The number of thiophene rings is 1. The van der Waals surface area contributed by atoms with Gasteiger partial charge in [0.2, 0.25) is 5.91 Å². The molecule has 27 heavy (non-hydrogen) atoms. The number of nitrogens with one attached hydrogen (secondary N) is 1. The molecule has 6 nitrogen and oxygen atoms in total. The topological polar surface area (TPSA) is 65.5 Å². The molecule has 2 fully saturated rings. The third-order valence-electron chi connectivity index (χ3n) is 5.84. The molecule has 1 N–H and O–H groups in total. The maximum absolute atomic E-state index is 12.5. The van der Waals surface area contributed by atoms with Gasteiger partial charge in [-0.25, -0.2) is 4.79 Å². The van der Waals surface area contributed by atoms with E-state index in [9.17, 15) is 9.59 Å². The number of nitrogens with zero attached hydrogens (tertiary/aromatic N) is 3. The van der Waals surface area contributed by atoms with Crippen LogP contribution in [0.15, 0.2) is 41.4 Å². The first-order valence-corrected chi connectivity index (χ1v) is 10.3. The first-order valence-electron chi connectivity index (χ1n) is 9.32. The van der Waals surface area contributed by atoms with E-state index in [4.69, 9.17) is 0 Å². The average molecular weight is 385 g/mol. The number of carbonyl (C=O) groups is 2. The summed E-state index contributed by atoms with van der Waals surface area (Å²) in [6.07, 6.45) is 6.29. The lowest BCUT2D eigenvalue weighted by Crippen LogP contribution is -2.44. The van der Waals surface area contributed by atoms with Crippen LogP contribution in [0.4, 0.5) is 10.5 Å². The molecule has 1 unspecified atom stereocenters. The van der Waals surface area contributed by atoms with Crippen molar-refractivity contribution < 1.29 is 9.59 Å². The Kier molecular flexibility index (Phi) is 4.86. The molecule has 4 rings (SSSR count). The highest BCUT2D eigenvalue weighted by Crippen LogP contribution is 2.57. The molecule has 0 bridgehead atoms. The fraction of sp³-hybridized carbons (Fsp3) is 0.450. The summed E-state index contributed by atoms with van der Waals surface area (Å²) >= 11 is 1.66. The molecule has 3 amide bonds. The number of rotatable bonds is 4. The number of urea groups is 1. The van der Waals surface area contributed by atoms with Crippen LogP contribution in [0, 0.1) is 5.41 Å². The summed E-state index contributed by atoms with van der Waals surface area (Å²) in [4.78, 5) is 32.5. The number of anilines is 1. The normalized spacial score (nSPS) is 20.3.